The van der Waals surface area contributed by atoms with Gasteiger partial charge < -0.3 is 9.80 Å². The molecule has 0 saturated heterocycles. The second-order valence-electron chi connectivity index (χ2n) is 7.32. The van der Waals surface area contributed by atoms with Crippen LogP contribution < -0.4 is 36.5 Å². The molecular weight excluding hydrogens is 416 g/mol. The number of para-hydroxylation sites is 2. The topological polar surface area (TPSA) is 57.7 Å². The Balaban J connectivity index is 1.57. The summed E-state index contributed by atoms with van der Waals surface area (Å²) < 4.78 is 0. The summed E-state index contributed by atoms with van der Waals surface area (Å²) in [5.41, 5.74) is 0.204. The van der Waals surface area contributed by atoms with Crippen LogP contribution in [0.4, 0.5) is 11.4 Å². The highest BCUT2D eigenvalue weighted by Crippen LogP contribution is 2.43. The number of rotatable bonds is 2. The fourth-order valence-electron chi connectivity index (χ4n) is 3.86. The molecule has 5 nitrogen and oxygen atoms in total. The van der Waals surface area contributed by atoms with Crippen LogP contribution in [0.1, 0.15) is 0 Å². The van der Waals surface area contributed by atoms with E-state index in [0.29, 0.717) is 0 Å². The number of hydrogen-bond acceptors (Lipinski definition) is 7. The molecule has 0 saturated carbocycles. The number of fused-ring (bicyclic) bond motifs is 2. The number of anilines is 2. The van der Waals surface area contributed by atoms with Gasteiger partial charge in [0.15, 0.2) is 0 Å². The van der Waals surface area contributed by atoms with Gasteiger partial charge in [-0.3, -0.25) is 14.4 Å². The van der Waals surface area contributed by atoms with Crippen LogP contribution in [0.3, 0.4) is 0 Å². The highest BCUT2D eigenvalue weighted by Gasteiger charge is 2.27. The van der Waals surface area contributed by atoms with Crippen molar-refractivity contribution in [1.29, 1.82) is 0 Å². The van der Waals surface area contributed by atoms with Crippen molar-refractivity contribution in [3.8, 4) is 0 Å². The van der Waals surface area contributed by atoms with Crippen molar-refractivity contribution >= 4 is 47.1 Å². The Kier molecular flexibility index (Phi) is 4.60. The first-order valence-corrected chi connectivity index (χ1v) is 11.3. The first-order chi connectivity index (χ1) is 14.5. The fourth-order valence-corrected chi connectivity index (χ4v) is 6.32. The Bertz CT molecular complexity index is 1320. The predicted octanol–water partition coefficient (Wildman–Crippen LogP) is 1.34. The summed E-state index contributed by atoms with van der Waals surface area (Å²) in [4.78, 5) is 44.5. The van der Waals surface area contributed by atoms with Crippen LogP contribution in [0.2, 0.25) is 0 Å². The molecule has 3 aromatic carbocycles. The van der Waals surface area contributed by atoms with Crippen LogP contribution >= 0.6 is 23.5 Å². The largest absolute Gasteiger partial charge is 0.358 e. The van der Waals surface area contributed by atoms with E-state index in [0.717, 1.165) is 21.2 Å². The Labute approximate surface area is 181 Å². The lowest BCUT2D eigenvalue weighted by atomic mass is 10.3. The standard InChI is InChI=1S/C23H18N2O3S2/c1-24-15-7-3-5-9-17(15)29-19(24)11-13-21(26)14(23(28)22(13)27)12-20-25(2)16-8-4-6-10-18(16)30-20/h3-12,19-20H,1-2H3/b13-11-,14-12-. The zero-order valence-electron chi connectivity index (χ0n) is 16.4. The molecule has 2 atom stereocenters. The maximum Gasteiger partial charge on any atom is 0.237 e. The van der Waals surface area contributed by atoms with Crippen molar-refractivity contribution in [2.75, 3.05) is 23.9 Å². The van der Waals surface area contributed by atoms with E-state index in [-0.39, 0.29) is 21.2 Å². The van der Waals surface area contributed by atoms with Crippen molar-refractivity contribution in [1.82, 2.24) is 0 Å². The third-order valence-electron chi connectivity index (χ3n) is 5.55. The fraction of sp³-hybridized carbons (Fsp3) is 0.174. The quantitative estimate of drug-likeness (QED) is 0.564. The van der Waals surface area contributed by atoms with Gasteiger partial charge in [-0.25, -0.2) is 0 Å². The summed E-state index contributed by atoms with van der Waals surface area (Å²) in [6.45, 7) is 0. The SMILES string of the molecule is CN1c2ccccc2SC1/C=c1\c(=O)c(=O)/c(=C\C2Sc3ccccc3N2C)c1=O. The van der Waals surface area contributed by atoms with Gasteiger partial charge in [-0.2, -0.15) is 0 Å². The van der Waals surface area contributed by atoms with E-state index >= 15 is 0 Å². The Morgan fingerprint density at radius 1 is 0.667 bits per heavy atom. The predicted molar refractivity (Wildman–Crippen MR) is 125 cm³/mol. The molecule has 2 unspecified atom stereocenters. The van der Waals surface area contributed by atoms with E-state index < -0.39 is 16.3 Å². The third-order valence-corrected chi connectivity index (χ3v) is 8.14. The van der Waals surface area contributed by atoms with Gasteiger partial charge in [0.05, 0.1) is 32.6 Å². The van der Waals surface area contributed by atoms with Gasteiger partial charge in [0.2, 0.25) is 16.3 Å². The summed E-state index contributed by atoms with van der Waals surface area (Å²) >= 11 is 3.13. The van der Waals surface area contributed by atoms with E-state index in [1.54, 1.807) is 35.7 Å². The second kappa shape index (κ2) is 7.18. The average molecular weight is 435 g/mol. The average Bonchev–Trinajstić information content (AvgIpc) is 3.31. The van der Waals surface area contributed by atoms with Gasteiger partial charge in [0, 0.05) is 23.9 Å². The molecule has 0 spiro atoms. The molecule has 0 bridgehead atoms. The van der Waals surface area contributed by atoms with Crippen molar-refractivity contribution < 1.29 is 0 Å². The van der Waals surface area contributed by atoms with Gasteiger partial charge in [-0.05, 0) is 36.4 Å². The highest BCUT2D eigenvalue weighted by molar-refractivity contribution is 8.01. The van der Waals surface area contributed by atoms with E-state index in [1.807, 2.05) is 72.4 Å². The molecule has 3 aromatic rings. The molecule has 2 aliphatic heterocycles. The molecule has 150 valence electrons. The van der Waals surface area contributed by atoms with E-state index in [2.05, 4.69) is 0 Å². The summed E-state index contributed by atoms with van der Waals surface area (Å²) in [5, 5.41) is -0.450. The zero-order valence-corrected chi connectivity index (χ0v) is 18.0. The lowest BCUT2D eigenvalue weighted by molar-refractivity contribution is 1.02. The maximum atomic E-state index is 13.0. The lowest BCUT2D eigenvalue weighted by Crippen LogP contribution is -2.39. The summed E-state index contributed by atoms with van der Waals surface area (Å²) in [5.74, 6) is 0. The molecule has 0 radical (unpaired) electrons. The molecule has 0 aromatic heterocycles. The van der Waals surface area contributed by atoms with Crippen LogP contribution in [-0.4, -0.2) is 24.8 Å². The van der Waals surface area contributed by atoms with Crippen molar-refractivity contribution in [2.24, 2.45) is 0 Å². The molecule has 2 heterocycles. The Hall–Kier alpha value is -2.77. The number of nitrogens with zero attached hydrogens (tertiary/aromatic N) is 2. The molecule has 7 heteroatoms. The van der Waals surface area contributed by atoms with Crippen LogP contribution in [-0.2, 0) is 0 Å². The van der Waals surface area contributed by atoms with Crippen LogP contribution in [0.15, 0.2) is 72.7 Å². The number of thioether (sulfide) groups is 2. The molecule has 0 amide bonds. The molecule has 30 heavy (non-hydrogen) atoms. The molecular formula is C23H18N2O3S2. The van der Waals surface area contributed by atoms with Gasteiger partial charge in [-0.1, -0.05) is 47.8 Å². The molecule has 0 N–H and O–H groups in total. The second-order valence-corrected chi connectivity index (χ2v) is 9.64. The van der Waals surface area contributed by atoms with Gasteiger partial charge >= 0.3 is 0 Å². The number of hydrogen-bond donors (Lipinski definition) is 0. The molecule has 0 fully saturated rings. The van der Waals surface area contributed by atoms with Gasteiger partial charge in [-0.15, -0.1) is 0 Å². The van der Waals surface area contributed by atoms with Crippen molar-refractivity contribution in [3.63, 3.8) is 0 Å². The van der Waals surface area contributed by atoms with Crippen molar-refractivity contribution in [3.05, 3.63) is 89.6 Å². The summed E-state index contributed by atoms with van der Waals surface area (Å²) in [7, 11) is 3.84. The van der Waals surface area contributed by atoms with Crippen LogP contribution in [0.25, 0.3) is 12.2 Å². The summed E-state index contributed by atoms with van der Waals surface area (Å²) in [6, 6.07) is 15.8. The van der Waals surface area contributed by atoms with Gasteiger partial charge in [0.25, 0.3) is 0 Å². The van der Waals surface area contributed by atoms with E-state index in [1.165, 1.54) is 0 Å². The summed E-state index contributed by atoms with van der Waals surface area (Å²) in [6.07, 6.45) is 3.27. The first-order valence-electron chi connectivity index (χ1n) is 9.50. The zero-order chi connectivity index (χ0) is 21.0. The highest BCUT2D eigenvalue weighted by atomic mass is 32.2. The number of benzene rings is 2. The monoisotopic (exact) mass is 434 g/mol. The maximum absolute atomic E-state index is 13.0. The first kappa shape index (κ1) is 19.2. The smallest absolute Gasteiger partial charge is 0.237 e. The van der Waals surface area contributed by atoms with E-state index in [4.69, 9.17) is 0 Å². The normalized spacial score (nSPS) is 21.4. The Morgan fingerprint density at radius 3 is 1.47 bits per heavy atom. The van der Waals surface area contributed by atoms with Crippen LogP contribution in [0.5, 0.6) is 0 Å². The van der Waals surface area contributed by atoms with E-state index in [9.17, 15) is 14.4 Å². The molecule has 2 aliphatic rings. The Morgan fingerprint density at radius 2 is 1.07 bits per heavy atom. The van der Waals surface area contributed by atoms with Crippen molar-refractivity contribution in [2.45, 2.75) is 20.5 Å². The third kappa shape index (κ3) is 2.92. The minimum absolute atomic E-state index is 0.0217. The molecule has 5 rings (SSSR count). The van der Waals surface area contributed by atoms with Crippen LogP contribution in [0, 0.1) is 0 Å². The molecule has 0 aliphatic carbocycles. The minimum Gasteiger partial charge on any atom is -0.358 e. The van der Waals surface area contributed by atoms with Gasteiger partial charge in [0.1, 0.15) is 0 Å². The lowest BCUT2D eigenvalue weighted by Gasteiger charge is -2.17. The minimum atomic E-state index is -0.709.